The standard InChI is InChI=1S/C20H31N3O2.HI/c1-4-21-20(22-13-17-8-7-15(2)12-16(17)3)23-9-11-25-19(14-23)18-6-5-10-24-18;/h7-8,12,18-19H,4-6,9-11,13-14H2,1-3H3,(H,21,22);1H. The van der Waals surface area contributed by atoms with E-state index >= 15 is 0 Å². The van der Waals surface area contributed by atoms with E-state index in [0.717, 1.165) is 51.6 Å². The Bertz CT molecular complexity index is 603. The van der Waals surface area contributed by atoms with Gasteiger partial charge < -0.3 is 19.7 Å². The molecule has 0 aliphatic carbocycles. The summed E-state index contributed by atoms with van der Waals surface area (Å²) < 4.78 is 11.8. The number of aryl methyl sites for hydroxylation is 2. The van der Waals surface area contributed by atoms with E-state index < -0.39 is 0 Å². The largest absolute Gasteiger partial charge is 0.375 e. The molecule has 1 aromatic carbocycles. The fraction of sp³-hybridized carbons (Fsp3) is 0.650. The maximum atomic E-state index is 5.97. The highest BCUT2D eigenvalue weighted by molar-refractivity contribution is 14.0. The Kier molecular flexibility index (Phi) is 8.63. The summed E-state index contributed by atoms with van der Waals surface area (Å²) in [6, 6.07) is 6.57. The van der Waals surface area contributed by atoms with Crippen LogP contribution in [0.5, 0.6) is 0 Å². The van der Waals surface area contributed by atoms with Crippen molar-refractivity contribution < 1.29 is 9.47 Å². The lowest BCUT2D eigenvalue weighted by atomic mass is 10.1. The lowest BCUT2D eigenvalue weighted by Gasteiger charge is -2.37. The minimum Gasteiger partial charge on any atom is -0.375 e. The van der Waals surface area contributed by atoms with Crippen LogP contribution in [-0.2, 0) is 16.0 Å². The Labute approximate surface area is 174 Å². The summed E-state index contributed by atoms with van der Waals surface area (Å²) in [4.78, 5) is 7.22. The normalized spacial score (nSPS) is 23.7. The van der Waals surface area contributed by atoms with Gasteiger partial charge in [0.1, 0.15) is 6.10 Å². The summed E-state index contributed by atoms with van der Waals surface area (Å²) in [6.45, 7) is 11.3. The predicted octanol–water partition coefficient (Wildman–Crippen LogP) is 3.27. The number of benzene rings is 1. The quantitative estimate of drug-likeness (QED) is 0.415. The van der Waals surface area contributed by atoms with Gasteiger partial charge in [0.05, 0.1) is 19.3 Å². The van der Waals surface area contributed by atoms with E-state index in [-0.39, 0.29) is 36.2 Å². The molecule has 2 unspecified atom stereocenters. The van der Waals surface area contributed by atoms with Crippen LogP contribution < -0.4 is 5.32 Å². The molecule has 0 bridgehead atoms. The molecule has 1 aromatic rings. The van der Waals surface area contributed by atoms with Crippen LogP contribution >= 0.6 is 24.0 Å². The first-order chi connectivity index (χ1) is 12.2. The number of hydrogen-bond donors (Lipinski definition) is 1. The Morgan fingerprint density at radius 2 is 2.04 bits per heavy atom. The topological polar surface area (TPSA) is 46.1 Å². The van der Waals surface area contributed by atoms with E-state index in [0.29, 0.717) is 6.54 Å². The molecule has 2 aliphatic rings. The molecule has 0 saturated carbocycles. The molecule has 2 fully saturated rings. The highest BCUT2D eigenvalue weighted by atomic mass is 127. The second kappa shape index (κ2) is 10.5. The van der Waals surface area contributed by atoms with E-state index in [1.165, 1.54) is 16.7 Å². The van der Waals surface area contributed by atoms with Crippen molar-refractivity contribution in [3.63, 3.8) is 0 Å². The Balaban J connectivity index is 0.00000243. The van der Waals surface area contributed by atoms with Gasteiger partial charge in [-0.1, -0.05) is 23.8 Å². The molecule has 0 radical (unpaired) electrons. The zero-order valence-electron chi connectivity index (χ0n) is 16.2. The predicted molar refractivity (Wildman–Crippen MR) is 116 cm³/mol. The van der Waals surface area contributed by atoms with Gasteiger partial charge in [0.2, 0.25) is 0 Å². The summed E-state index contributed by atoms with van der Waals surface area (Å²) in [5.41, 5.74) is 3.88. The molecule has 1 N–H and O–H groups in total. The minimum atomic E-state index is 0. The van der Waals surface area contributed by atoms with E-state index in [2.05, 4.69) is 49.2 Å². The molecule has 2 atom stereocenters. The van der Waals surface area contributed by atoms with Crippen LogP contribution in [0, 0.1) is 13.8 Å². The fourth-order valence-corrected chi connectivity index (χ4v) is 3.60. The van der Waals surface area contributed by atoms with Gasteiger partial charge in [-0.2, -0.15) is 0 Å². The number of nitrogens with zero attached hydrogens (tertiary/aromatic N) is 2. The summed E-state index contributed by atoms with van der Waals surface area (Å²) in [5.74, 6) is 0.980. The van der Waals surface area contributed by atoms with Crippen LogP contribution in [0.25, 0.3) is 0 Å². The molecular weight excluding hydrogens is 441 g/mol. The summed E-state index contributed by atoms with van der Waals surface area (Å²) in [6.07, 6.45) is 2.64. The van der Waals surface area contributed by atoms with Gasteiger partial charge in [0.25, 0.3) is 0 Å². The molecule has 2 saturated heterocycles. The van der Waals surface area contributed by atoms with Gasteiger partial charge in [-0.15, -0.1) is 24.0 Å². The second-order valence-electron chi connectivity index (χ2n) is 7.01. The molecule has 3 rings (SSSR count). The van der Waals surface area contributed by atoms with Crippen molar-refractivity contribution in [1.82, 2.24) is 10.2 Å². The van der Waals surface area contributed by atoms with Gasteiger partial charge in [0.15, 0.2) is 5.96 Å². The van der Waals surface area contributed by atoms with Crippen LogP contribution in [0.1, 0.15) is 36.5 Å². The smallest absolute Gasteiger partial charge is 0.194 e. The number of morpholine rings is 1. The number of halogens is 1. The van der Waals surface area contributed by atoms with Crippen LogP contribution in [0.4, 0.5) is 0 Å². The molecule has 0 aromatic heterocycles. The number of rotatable bonds is 4. The number of guanidine groups is 1. The molecule has 5 nitrogen and oxygen atoms in total. The molecule has 2 heterocycles. The lowest BCUT2D eigenvalue weighted by Crippen LogP contribution is -2.53. The number of hydrogen-bond acceptors (Lipinski definition) is 3. The van der Waals surface area contributed by atoms with Crippen molar-refractivity contribution in [3.8, 4) is 0 Å². The van der Waals surface area contributed by atoms with Crippen molar-refractivity contribution in [3.05, 3.63) is 34.9 Å². The summed E-state index contributed by atoms with van der Waals surface area (Å²) >= 11 is 0. The Hall–Kier alpha value is -0.860. The maximum absolute atomic E-state index is 5.97. The highest BCUT2D eigenvalue weighted by Crippen LogP contribution is 2.21. The van der Waals surface area contributed by atoms with E-state index in [1.54, 1.807) is 0 Å². The highest BCUT2D eigenvalue weighted by Gasteiger charge is 2.32. The average Bonchev–Trinajstić information content (AvgIpc) is 3.15. The third-order valence-electron chi connectivity index (χ3n) is 5.00. The van der Waals surface area contributed by atoms with Crippen molar-refractivity contribution in [2.75, 3.05) is 32.8 Å². The van der Waals surface area contributed by atoms with Crippen molar-refractivity contribution in [2.45, 2.75) is 52.4 Å². The van der Waals surface area contributed by atoms with Crippen molar-refractivity contribution in [2.24, 2.45) is 4.99 Å². The fourth-order valence-electron chi connectivity index (χ4n) is 3.60. The van der Waals surface area contributed by atoms with Crippen LogP contribution in [0.2, 0.25) is 0 Å². The lowest BCUT2D eigenvalue weighted by molar-refractivity contribution is -0.0817. The van der Waals surface area contributed by atoms with Crippen LogP contribution in [0.3, 0.4) is 0 Å². The molecule has 2 aliphatic heterocycles. The number of nitrogens with one attached hydrogen (secondary N) is 1. The third-order valence-corrected chi connectivity index (χ3v) is 5.00. The first kappa shape index (κ1) is 21.4. The molecule has 26 heavy (non-hydrogen) atoms. The molecule has 0 spiro atoms. The Morgan fingerprint density at radius 3 is 2.73 bits per heavy atom. The first-order valence-electron chi connectivity index (χ1n) is 9.50. The molecule has 0 amide bonds. The second-order valence-corrected chi connectivity index (χ2v) is 7.01. The first-order valence-corrected chi connectivity index (χ1v) is 9.50. The zero-order chi connectivity index (χ0) is 17.6. The van der Waals surface area contributed by atoms with E-state index in [9.17, 15) is 0 Å². The third kappa shape index (κ3) is 5.57. The molecular formula is C20H32IN3O2. The summed E-state index contributed by atoms with van der Waals surface area (Å²) in [7, 11) is 0. The number of aliphatic imine (C=N–C) groups is 1. The average molecular weight is 473 g/mol. The molecule has 146 valence electrons. The van der Waals surface area contributed by atoms with E-state index in [1.807, 2.05) is 0 Å². The minimum absolute atomic E-state index is 0. The van der Waals surface area contributed by atoms with Crippen molar-refractivity contribution in [1.29, 1.82) is 0 Å². The van der Waals surface area contributed by atoms with Gasteiger partial charge in [-0.3, -0.25) is 0 Å². The van der Waals surface area contributed by atoms with Gasteiger partial charge in [-0.05, 0) is 44.7 Å². The number of ether oxygens (including phenoxy) is 2. The van der Waals surface area contributed by atoms with Crippen molar-refractivity contribution >= 4 is 29.9 Å². The SMILES string of the molecule is CCNC(=NCc1ccc(C)cc1C)N1CCOC(C2CCCO2)C1.I. The molecule has 6 heteroatoms. The van der Waals surface area contributed by atoms with Gasteiger partial charge >= 0.3 is 0 Å². The summed E-state index contributed by atoms with van der Waals surface area (Å²) in [5, 5.41) is 3.44. The van der Waals surface area contributed by atoms with Crippen LogP contribution in [-0.4, -0.2) is 55.9 Å². The zero-order valence-corrected chi connectivity index (χ0v) is 18.5. The van der Waals surface area contributed by atoms with Gasteiger partial charge in [-0.25, -0.2) is 4.99 Å². The van der Waals surface area contributed by atoms with Gasteiger partial charge in [0, 0.05) is 26.2 Å². The van der Waals surface area contributed by atoms with E-state index in [4.69, 9.17) is 14.5 Å². The van der Waals surface area contributed by atoms with Crippen LogP contribution in [0.15, 0.2) is 23.2 Å². The monoisotopic (exact) mass is 473 g/mol. The maximum Gasteiger partial charge on any atom is 0.194 e. The Morgan fingerprint density at radius 1 is 1.23 bits per heavy atom.